The maximum Gasteiger partial charge on any atom is 0.251 e. The van der Waals surface area contributed by atoms with Crippen LogP contribution in [0.25, 0.3) is 0 Å². The molecule has 150 valence electrons. The predicted octanol–water partition coefficient (Wildman–Crippen LogP) is 3.20. The molecule has 0 saturated carbocycles. The van der Waals surface area contributed by atoms with Gasteiger partial charge in [-0.1, -0.05) is 31.2 Å². The third-order valence-electron chi connectivity index (χ3n) is 5.36. The second-order valence-electron chi connectivity index (χ2n) is 7.16. The number of carbonyl (C=O) groups is 1. The van der Waals surface area contributed by atoms with Crippen LogP contribution < -0.4 is 15.0 Å². The standard InChI is InChI=1S/C23H31N3O2/c1-3-19-9-11-20(12-10-19)23(27)24-13-6-14-25-15-17-26(18-16-25)21-7-4-5-8-22(21)28-2/h4-5,7-12H,3,6,13-18H2,1-2H3,(H,24,27). The van der Waals surface area contributed by atoms with Crippen LogP contribution in [0.3, 0.4) is 0 Å². The summed E-state index contributed by atoms with van der Waals surface area (Å²) in [4.78, 5) is 17.1. The van der Waals surface area contributed by atoms with Crippen molar-refractivity contribution in [2.24, 2.45) is 0 Å². The lowest BCUT2D eigenvalue weighted by Gasteiger charge is -2.36. The zero-order chi connectivity index (χ0) is 19.8. The van der Waals surface area contributed by atoms with Crippen LogP contribution in [0.1, 0.15) is 29.3 Å². The Morgan fingerprint density at radius 3 is 2.43 bits per heavy atom. The first kappa shape index (κ1) is 20.2. The molecule has 1 aliphatic rings. The Morgan fingerprint density at radius 1 is 1.04 bits per heavy atom. The van der Waals surface area contributed by atoms with Crippen molar-refractivity contribution < 1.29 is 9.53 Å². The number of anilines is 1. The molecule has 1 amide bonds. The number of benzene rings is 2. The molecule has 5 heteroatoms. The second-order valence-corrected chi connectivity index (χ2v) is 7.16. The predicted molar refractivity (Wildman–Crippen MR) is 114 cm³/mol. The summed E-state index contributed by atoms with van der Waals surface area (Å²) >= 11 is 0. The highest BCUT2D eigenvalue weighted by atomic mass is 16.5. The first-order chi connectivity index (χ1) is 13.7. The van der Waals surface area contributed by atoms with Crippen LogP contribution in [0.15, 0.2) is 48.5 Å². The summed E-state index contributed by atoms with van der Waals surface area (Å²) < 4.78 is 5.48. The third-order valence-corrected chi connectivity index (χ3v) is 5.36. The van der Waals surface area contributed by atoms with Crippen LogP contribution in [0, 0.1) is 0 Å². The molecule has 28 heavy (non-hydrogen) atoms. The molecule has 0 atom stereocenters. The molecule has 0 bridgehead atoms. The van der Waals surface area contributed by atoms with Crippen LogP contribution in [0.4, 0.5) is 5.69 Å². The van der Waals surface area contributed by atoms with Gasteiger partial charge >= 0.3 is 0 Å². The van der Waals surface area contributed by atoms with Crippen molar-refractivity contribution in [2.45, 2.75) is 19.8 Å². The van der Waals surface area contributed by atoms with Gasteiger partial charge in [0.1, 0.15) is 5.75 Å². The molecule has 1 N–H and O–H groups in total. The molecule has 2 aromatic carbocycles. The lowest BCUT2D eigenvalue weighted by atomic mass is 10.1. The highest BCUT2D eigenvalue weighted by Gasteiger charge is 2.19. The number of nitrogens with zero attached hydrogens (tertiary/aromatic N) is 2. The van der Waals surface area contributed by atoms with E-state index in [2.05, 4.69) is 34.2 Å². The van der Waals surface area contributed by atoms with Crippen molar-refractivity contribution in [1.29, 1.82) is 0 Å². The molecule has 1 saturated heterocycles. The number of methoxy groups -OCH3 is 1. The summed E-state index contributed by atoms with van der Waals surface area (Å²) in [5, 5.41) is 3.03. The summed E-state index contributed by atoms with van der Waals surface area (Å²) in [6.45, 7) is 7.89. The third kappa shape index (κ3) is 5.26. The summed E-state index contributed by atoms with van der Waals surface area (Å²) in [6, 6.07) is 16.1. The Labute approximate surface area is 168 Å². The molecule has 0 radical (unpaired) electrons. The lowest BCUT2D eigenvalue weighted by Crippen LogP contribution is -2.47. The minimum Gasteiger partial charge on any atom is -0.495 e. The monoisotopic (exact) mass is 381 g/mol. The molecule has 2 aromatic rings. The molecule has 0 aromatic heterocycles. The average Bonchev–Trinajstić information content (AvgIpc) is 2.77. The highest BCUT2D eigenvalue weighted by Crippen LogP contribution is 2.28. The highest BCUT2D eigenvalue weighted by molar-refractivity contribution is 5.94. The number of piperazine rings is 1. The van der Waals surface area contributed by atoms with Crippen LogP contribution in [-0.2, 0) is 6.42 Å². The van der Waals surface area contributed by atoms with E-state index in [9.17, 15) is 4.79 Å². The SMILES string of the molecule is CCc1ccc(C(=O)NCCCN2CCN(c3ccccc3OC)CC2)cc1. The molecule has 0 unspecified atom stereocenters. The Hall–Kier alpha value is -2.53. The molecule has 0 spiro atoms. The molecule has 3 rings (SSSR count). The maximum absolute atomic E-state index is 12.2. The fourth-order valence-electron chi connectivity index (χ4n) is 3.60. The van der Waals surface area contributed by atoms with E-state index in [1.165, 1.54) is 11.3 Å². The van der Waals surface area contributed by atoms with E-state index in [-0.39, 0.29) is 5.91 Å². The van der Waals surface area contributed by atoms with Gasteiger partial charge in [-0.2, -0.15) is 0 Å². The molecule has 1 fully saturated rings. The zero-order valence-electron chi connectivity index (χ0n) is 17.0. The quantitative estimate of drug-likeness (QED) is 0.714. The molecule has 5 nitrogen and oxygen atoms in total. The van der Waals surface area contributed by atoms with E-state index in [1.807, 2.05) is 36.4 Å². The van der Waals surface area contributed by atoms with Gasteiger partial charge in [-0.25, -0.2) is 0 Å². The van der Waals surface area contributed by atoms with E-state index < -0.39 is 0 Å². The Bertz CT molecular complexity index is 753. The molecular formula is C23H31N3O2. The van der Waals surface area contributed by atoms with Crippen molar-refractivity contribution in [3.8, 4) is 5.75 Å². The van der Waals surface area contributed by atoms with Crippen LogP contribution >= 0.6 is 0 Å². The number of carbonyl (C=O) groups excluding carboxylic acids is 1. The molecular weight excluding hydrogens is 350 g/mol. The molecule has 1 aliphatic heterocycles. The minimum atomic E-state index is 0.0173. The summed E-state index contributed by atoms with van der Waals surface area (Å²) in [5.41, 5.74) is 3.16. The van der Waals surface area contributed by atoms with Crippen molar-refractivity contribution in [2.75, 3.05) is 51.3 Å². The van der Waals surface area contributed by atoms with E-state index in [0.717, 1.165) is 56.9 Å². The smallest absolute Gasteiger partial charge is 0.251 e. The van der Waals surface area contributed by atoms with Gasteiger partial charge in [0, 0.05) is 38.3 Å². The van der Waals surface area contributed by atoms with Crippen LogP contribution in [-0.4, -0.2) is 57.2 Å². The van der Waals surface area contributed by atoms with Gasteiger partial charge in [-0.3, -0.25) is 9.69 Å². The van der Waals surface area contributed by atoms with Gasteiger partial charge in [0.05, 0.1) is 12.8 Å². The van der Waals surface area contributed by atoms with E-state index >= 15 is 0 Å². The van der Waals surface area contributed by atoms with Gasteiger partial charge in [-0.05, 0) is 49.2 Å². The number of para-hydroxylation sites is 2. The molecule has 0 aliphatic carbocycles. The van der Waals surface area contributed by atoms with Gasteiger partial charge in [0.15, 0.2) is 0 Å². The van der Waals surface area contributed by atoms with E-state index in [1.54, 1.807) is 7.11 Å². The normalized spacial score (nSPS) is 14.7. The summed E-state index contributed by atoms with van der Waals surface area (Å²) in [6.07, 6.45) is 1.96. The fourth-order valence-corrected chi connectivity index (χ4v) is 3.60. The van der Waals surface area contributed by atoms with Gasteiger partial charge in [0.2, 0.25) is 0 Å². The number of amides is 1. The number of rotatable bonds is 8. The first-order valence-corrected chi connectivity index (χ1v) is 10.2. The van der Waals surface area contributed by atoms with Crippen molar-refractivity contribution in [3.05, 3.63) is 59.7 Å². The Kier molecular flexibility index (Phi) is 7.31. The largest absolute Gasteiger partial charge is 0.495 e. The number of hydrogen-bond acceptors (Lipinski definition) is 4. The average molecular weight is 382 g/mol. The topological polar surface area (TPSA) is 44.8 Å². The minimum absolute atomic E-state index is 0.0173. The lowest BCUT2D eigenvalue weighted by molar-refractivity contribution is 0.0951. The van der Waals surface area contributed by atoms with Gasteiger partial charge in [-0.15, -0.1) is 0 Å². The Morgan fingerprint density at radius 2 is 1.75 bits per heavy atom. The first-order valence-electron chi connectivity index (χ1n) is 10.2. The number of nitrogens with one attached hydrogen (secondary N) is 1. The van der Waals surface area contributed by atoms with Crippen molar-refractivity contribution in [1.82, 2.24) is 10.2 Å². The summed E-state index contributed by atoms with van der Waals surface area (Å²) in [7, 11) is 1.72. The van der Waals surface area contributed by atoms with Crippen molar-refractivity contribution in [3.63, 3.8) is 0 Å². The maximum atomic E-state index is 12.2. The van der Waals surface area contributed by atoms with E-state index in [0.29, 0.717) is 6.54 Å². The Balaban J connectivity index is 1.37. The van der Waals surface area contributed by atoms with Crippen molar-refractivity contribution >= 4 is 11.6 Å². The second kappa shape index (κ2) is 10.1. The zero-order valence-corrected chi connectivity index (χ0v) is 17.0. The van der Waals surface area contributed by atoms with Crippen LogP contribution in [0.2, 0.25) is 0 Å². The number of aryl methyl sites for hydroxylation is 1. The molecule has 1 heterocycles. The van der Waals surface area contributed by atoms with Gasteiger partial charge in [0.25, 0.3) is 5.91 Å². The fraction of sp³-hybridized carbons (Fsp3) is 0.435. The van der Waals surface area contributed by atoms with Crippen LogP contribution in [0.5, 0.6) is 5.75 Å². The number of hydrogen-bond donors (Lipinski definition) is 1. The van der Waals surface area contributed by atoms with Gasteiger partial charge < -0.3 is 15.0 Å². The number of ether oxygens (including phenoxy) is 1. The summed E-state index contributed by atoms with van der Waals surface area (Å²) in [5.74, 6) is 0.953. The van der Waals surface area contributed by atoms with E-state index in [4.69, 9.17) is 4.74 Å².